The van der Waals surface area contributed by atoms with E-state index >= 15 is 0 Å². The fourth-order valence-electron chi connectivity index (χ4n) is 3.42. The Morgan fingerprint density at radius 1 is 1.12 bits per heavy atom. The molecule has 0 aliphatic heterocycles. The first-order valence-electron chi connectivity index (χ1n) is 7.31. The Balaban J connectivity index is 1.82. The lowest BCUT2D eigenvalue weighted by Crippen LogP contribution is -2.43. The van der Waals surface area contributed by atoms with E-state index in [1.54, 1.807) is 0 Å². The van der Waals surface area contributed by atoms with E-state index < -0.39 is 0 Å². The molecular formula is C15H29N. The molecule has 5 atom stereocenters. The second-order valence-corrected chi connectivity index (χ2v) is 6.81. The van der Waals surface area contributed by atoms with Crippen LogP contribution in [0.1, 0.15) is 53.4 Å². The number of hydrogen-bond donors (Lipinski definition) is 1. The Morgan fingerprint density at radius 2 is 1.81 bits per heavy atom. The van der Waals surface area contributed by atoms with Gasteiger partial charge in [0, 0.05) is 6.04 Å². The van der Waals surface area contributed by atoms with Crippen molar-refractivity contribution < 1.29 is 0 Å². The van der Waals surface area contributed by atoms with Crippen LogP contribution in [0.25, 0.3) is 0 Å². The molecule has 2 aliphatic rings. The van der Waals surface area contributed by atoms with Crippen molar-refractivity contribution >= 4 is 0 Å². The van der Waals surface area contributed by atoms with Gasteiger partial charge in [-0.3, -0.25) is 0 Å². The molecule has 0 amide bonds. The Bertz CT molecular complexity index is 223. The van der Waals surface area contributed by atoms with Crippen LogP contribution in [-0.4, -0.2) is 12.6 Å². The van der Waals surface area contributed by atoms with Gasteiger partial charge in [-0.1, -0.05) is 34.1 Å². The lowest BCUT2D eigenvalue weighted by atomic mass is 9.74. The Morgan fingerprint density at radius 3 is 2.38 bits per heavy atom. The van der Waals surface area contributed by atoms with Crippen LogP contribution in [0.3, 0.4) is 0 Å². The minimum absolute atomic E-state index is 0.802. The standard InChI is InChI=1S/C15H29N/c1-10(2)14-6-5-11(3)7-15(14)16-9-13-8-12(13)4/h10-16H,5-9H2,1-4H3. The molecular weight excluding hydrogens is 194 g/mol. The largest absolute Gasteiger partial charge is 0.313 e. The van der Waals surface area contributed by atoms with Crippen molar-refractivity contribution in [3.05, 3.63) is 0 Å². The third-order valence-corrected chi connectivity index (χ3v) is 4.94. The monoisotopic (exact) mass is 223 g/mol. The van der Waals surface area contributed by atoms with Crippen molar-refractivity contribution in [1.82, 2.24) is 5.32 Å². The molecule has 1 heteroatoms. The fraction of sp³-hybridized carbons (Fsp3) is 1.00. The molecule has 2 saturated carbocycles. The van der Waals surface area contributed by atoms with Crippen LogP contribution in [0.15, 0.2) is 0 Å². The summed E-state index contributed by atoms with van der Waals surface area (Å²) in [6.07, 6.45) is 5.75. The van der Waals surface area contributed by atoms with Gasteiger partial charge in [-0.15, -0.1) is 0 Å². The van der Waals surface area contributed by atoms with Crippen LogP contribution in [0.2, 0.25) is 0 Å². The maximum Gasteiger partial charge on any atom is 0.0100 e. The molecule has 1 N–H and O–H groups in total. The summed E-state index contributed by atoms with van der Waals surface area (Å²) in [7, 11) is 0. The lowest BCUT2D eigenvalue weighted by molar-refractivity contribution is 0.169. The minimum atomic E-state index is 0.802. The van der Waals surface area contributed by atoms with Gasteiger partial charge < -0.3 is 5.32 Å². The molecule has 0 aromatic heterocycles. The molecule has 0 radical (unpaired) electrons. The summed E-state index contributed by atoms with van der Waals surface area (Å²) in [5.74, 6) is 4.69. The van der Waals surface area contributed by atoms with Gasteiger partial charge in [0.1, 0.15) is 0 Å². The van der Waals surface area contributed by atoms with Crippen molar-refractivity contribution in [2.45, 2.75) is 59.4 Å². The highest BCUT2D eigenvalue weighted by Crippen LogP contribution is 2.38. The zero-order chi connectivity index (χ0) is 11.7. The second kappa shape index (κ2) is 5.08. The van der Waals surface area contributed by atoms with Gasteiger partial charge in [-0.2, -0.15) is 0 Å². The summed E-state index contributed by atoms with van der Waals surface area (Å²) < 4.78 is 0. The van der Waals surface area contributed by atoms with Crippen molar-refractivity contribution in [2.75, 3.05) is 6.54 Å². The van der Waals surface area contributed by atoms with E-state index in [-0.39, 0.29) is 0 Å². The summed E-state index contributed by atoms with van der Waals surface area (Å²) in [4.78, 5) is 0. The zero-order valence-corrected chi connectivity index (χ0v) is 11.5. The average molecular weight is 223 g/mol. The number of rotatable bonds is 4. The van der Waals surface area contributed by atoms with Gasteiger partial charge >= 0.3 is 0 Å². The molecule has 0 bridgehead atoms. The fourth-order valence-corrected chi connectivity index (χ4v) is 3.42. The van der Waals surface area contributed by atoms with Crippen molar-refractivity contribution in [3.63, 3.8) is 0 Å². The van der Waals surface area contributed by atoms with E-state index in [9.17, 15) is 0 Å². The van der Waals surface area contributed by atoms with Crippen molar-refractivity contribution in [2.24, 2.45) is 29.6 Å². The maximum atomic E-state index is 3.88. The van der Waals surface area contributed by atoms with E-state index in [0.717, 1.165) is 35.6 Å². The first-order valence-corrected chi connectivity index (χ1v) is 7.31. The van der Waals surface area contributed by atoms with Gasteiger partial charge in [-0.25, -0.2) is 0 Å². The third-order valence-electron chi connectivity index (χ3n) is 4.94. The van der Waals surface area contributed by atoms with Gasteiger partial charge in [0.05, 0.1) is 0 Å². The molecule has 0 saturated heterocycles. The average Bonchev–Trinajstić information content (AvgIpc) is 2.91. The molecule has 0 heterocycles. The van der Waals surface area contributed by atoms with Crippen molar-refractivity contribution in [3.8, 4) is 0 Å². The molecule has 0 aromatic carbocycles. The van der Waals surface area contributed by atoms with E-state index in [1.165, 1.54) is 32.2 Å². The van der Waals surface area contributed by atoms with Crippen LogP contribution >= 0.6 is 0 Å². The highest BCUT2D eigenvalue weighted by atomic mass is 14.9. The molecule has 16 heavy (non-hydrogen) atoms. The molecule has 2 fully saturated rings. The summed E-state index contributed by atoms with van der Waals surface area (Å²) in [5.41, 5.74) is 0. The minimum Gasteiger partial charge on any atom is -0.313 e. The highest BCUT2D eigenvalue weighted by molar-refractivity contribution is 4.89. The van der Waals surface area contributed by atoms with Gasteiger partial charge in [0.25, 0.3) is 0 Å². The van der Waals surface area contributed by atoms with Crippen LogP contribution in [0.4, 0.5) is 0 Å². The third kappa shape index (κ3) is 3.00. The Hall–Kier alpha value is -0.0400. The second-order valence-electron chi connectivity index (χ2n) is 6.81. The smallest absolute Gasteiger partial charge is 0.0100 e. The van der Waals surface area contributed by atoms with Crippen LogP contribution in [-0.2, 0) is 0 Å². The first kappa shape index (κ1) is 12.4. The quantitative estimate of drug-likeness (QED) is 0.766. The number of hydrogen-bond acceptors (Lipinski definition) is 1. The van der Waals surface area contributed by atoms with E-state index in [0.29, 0.717) is 0 Å². The normalized spacial score (nSPS) is 43.7. The SMILES string of the molecule is CC1CCC(C(C)C)C(NCC2CC2C)C1. The summed E-state index contributed by atoms with van der Waals surface area (Å²) in [6, 6.07) is 0.802. The lowest BCUT2D eigenvalue weighted by Gasteiger charge is -2.38. The van der Waals surface area contributed by atoms with Crippen LogP contribution in [0, 0.1) is 29.6 Å². The topological polar surface area (TPSA) is 12.0 Å². The predicted octanol–water partition coefficient (Wildman–Crippen LogP) is 3.69. The molecule has 5 unspecified atom stereocenters. The van der Waals surface area contributed by atoms with Gasteiger partial charge in [0.15, 0.2) is 0 Å². The maximum absolute atomic E-state index is 3.88. The summed E-state index contributed by atoms with van der Waals surface area (Å²) in [6.45, 7) is 10.9. The molecule has 2 aliphatic carbocycles. The molecule has 0 aromatic rings. The Kier molecular flexibility index (Phi) is 3.94. The molecule has 1 nitrogen and oxygen atoms in total. The van der Waals surface area contributed by atoms with Crippen molar-refractivity contribution in [1.29, 1.82) is 0 Å². The van der Waals surface area contributed by atoms with Crippen LogP contribution in [0.5, 0.6) is 0 Å². The highest BCUT2D eigenvalue weighted by Gasteiger charge is 2.35. The predicted molar refractivity (Wildman–Crippen MR) is 70.4 cm³/mol. The van der Waals surface area contributed by atoms with E-state index in [4.69, 9.17) is 0 Å². The number of nitrogens with one attached hydrogen (secondary N) is 1. The zero-order valence-electron chi connectivity index (χ0n) is 11.5. The molecule has 2 rings (SSSR count). The van der Waals surface area contributed by atoms with Gasteiger partial charge in [0.2, 0.25) is 0 Å². The van der Waals surface area contributed by atoms with E-state index in [2.05, 4.69) is 33.0 Å². The first-order chi connectivity index (χ1) is 7.58. The summed E-state index contributed by atoms with van der Waals surface area (Å²) in [5, 5.41) is 3.88. The van der Waals surface area contributed by atoms with Crippen LogP contribution < -0.4 is 5.32 Å². The molecule has 94 valence electrons. The summed E-state index contributed by atoms with van der Waals surface area (Å²) >= 11 is 0. The van der Waals surface area contributed by atoms with E-state index in [1.807, 2.05) is 0 Å². The van der Waals surface area contributed by atoms with Gasteiger partial charge in [-0.05, 0) is 55.4 Å². The molecule has 0 spiro atoms. The Labute approximate surface area is 101 Å².